The van der Waals surface area contributed by atoms with Gasteiger partial charge in [-0.1, -0.05) is 18.2 Å². The maximum Gasteiger partial charge on any atom is 0.263 e. The second kappa shape index (κ2) is 8.59. The summed E-state index contributed by atoms with van der Waals surface area (Å²) in [5, 5.41) is 7.37. The van der Waals surface area contributed by atoms with E-state index in [0.717, 1.165) is 21.8 Å². The maximum atomic E-state index is 12.9. The number of thiophene rings is 2. The van der Waals surface area contributed by atoms with E-state index >= 15 is 0 Å². The molecule has 0 bridgehead atoms. The molecule has 29 heavy (non-hydrogen) atoms. The molecule has 0 aliphatic heterocycles. The summed E-state index contributed by atoms with van der Waals surface area (Å²) in [7, 11) is 1.63. The molecule has 3 aromatic heterocycles. The number of benzene rings is 1. The van der Waals surface area contributed by atoms with Crippen LogP contribution in [0.15, 0.2) is 58.3 Å². The average Bonchev–Trinajstić information content (AvgIpc) is 3.40. The summed E-state index contributed by atoms with van der Waals surface area (Å²) in [5.41, 5.74) is 1.79. The molecule has 0 aliphatic carbocycles. The lowest BCUT2D eigenvalue weighted by molar-refractivity contribution is -0.121. The van der Waals surface area contributed by atoms with Crippen molar-refractivity contribution in [3.63, 3.8) is 0 Å². The highest BCUT2D eigenvalue weighted by molar-refractivity contribution is 7.18. The molecule has 0 fully saturated rings. The Morgan fingerprint density at radius 3 is 2.76 bits per heavy atom. The lowest BCUT2D eigenvalue weighted by atomic mass is 10.1. The molecule has 148 valence electrons. The molecule has 8 heteroatoms. The molecule has 1 N–H and O–H groups in total. The van der Waals surface area contributed by atoms with Gasteiger partial charge in [-0.3, -0.25) is 14.2 Å². The van der Waals surface area contributed by atoms with E-state index in [0.29, 0.717) is 23.2 Å². The normalized spacial score (nSPS) is 10.9. The third-order valence-electron chi connectivity index (χ3n) is 4.56. The van der Waals surface area contributed by atoms with Crippen LogP contribution in [-0.2, 0) is 17.8 Å². The zero-order chi connectivity index (χ0) is 20.2. The van der Waals surface area contributed by atoms with Crippen LogP contribution in [0.3, 0.4) is 0 Å². The number of nitrogens with zero attached hydrogens (tertiary/aromatic N) is 2. The molecule has 1 amide bonds. The number of nitrogens with one attached hydrogen (secondary N) is 1. The van der Waals surface area contributed by atoms with Crippen molar-refractivity contribution in [2.75, 3.05) is 13.7 Å². The Balaban J connectivity index is 1.43. The fraction of sp³-hybridized carbons (Fsp3) is 0.190. The van der Waals surface area contributed by atoms with Crippen molar-refractivity contribution in [2.24, 2.45) is 0 Å². The number of carbonyl (C=O) groups is 1. The monoisotopic (exact) mass is 425 g/mol. The third-order valence-corrected chi connectivity index (χ3v) is 6.35. The smallest absolute Gasteiger partial charge is 0.263 e. The first-order valence-electron chi connectivity index (χ1n) is 9.06. The Labute approximate surface area is 175 Å². The summed E-state index contributed by atoms with van der Waals surface area (Å²) in [6, 6.07) is 11.7. The lowest BCUT2D eigenvalue weighted by Gasteiger charge is -2.08. The second-order valence-electron chi connectivity index (χ2n) is 6.43. The first-order chi connectivity index (χ1) is 14.2. The lowest BCUT2D eigenvalue weighted by Crippen LogP contribution is -2.33. The van der Waals surface area contributed by atoms with Crippen LogP contribution in [-0.4, -0.2) is 29.1 Å². The molecule has 3 heterocycles. The molecular weight excluding hydrogens is 406 g/mol. The molecule has 0 radical (unpaired) electrons. The van der Waals surface area contributed by atoms with Crippen molar-refractivity contribution in [2.45, 2.75) is 13.0 Å². The van der Waals surface area contributed by atoms with Gasteiger partial charge in [-0.2, -0.15) is 0 Å². The topological polar surface area (TPSA) is 73.2 Å². The molecule has 0 aliphatic rings. The van der Waals surface area contributed by atoms with Gasteiger partial charge in [-0.05, 0) is 35.6 Å². The van der Waals surface area contributed by atoms with Crippen molar-refractivity contribution in [1.82, 2.24) is 14.9 Å². The molecule has 1 aromatic carbocycles. The van der Waals surface area contributed by atoms with Gasteiger partial charge in [0, 0.05) is 22.4 Å². The van der Waals surface area contributed by atoms with Crippen LogP contribution in [0.4, 0.5) is 0 Å². The number of aromatic nitrogens is 2. The van der Waals surface area contributed by atoms with E-state index in [4.69, 9.17) is 4.74 Å². The Bertz CT molecular complexity index is 1180. The summed E-state index contributed by atoms with van der Waals surface area (Å²) in [6.45, 7) is 0.443. The van der Waals surface area contributed by atoms with Gasteiger partial charge >= 0.3 is 0 Å². The van der Waals surface area contributed by atoms with Gasteiger partial charge < -0.3 is 10.1 Å². The minimum atomic E-state index is -0.213. The number of hydrogen-bond donors (Lipinski definition) is 1. The largest absolute Gasteiger partial charge is 0.497 e. The van der Waals surface area contributed by atoms with Crippen molar-refractivity contribution in [3.05, 3.63) is 69.4 Å². The highest BCUT2D eigenvalue weighted by Crippen LogP contribution is 2.33. The summed E-state index contributed by atoms with van der Waals surface area (Å²) in [5.74, 6) is 0.588. The van der Waals surface area contributed by atoms with Crippen LogP contribution >= 0.6 is 22.7 Å². The number of methoxy groups -OCH3 is 1. The van der Waals surface area contributed by atoms with E-state index in [-0.39, 0.29) is 18.0 Å². The highest BCUT2D eigenvalue weighted by atomic mass is 32.1. The van der Waals surface area contributed by atoms with E-state index in [1.807, 2.05) is 47.2 Å². The average molecular weight is 426 g/mol. The maximum absolute atomic E-state index is 12.9. The van der Waals surface area contributed by atoms with Crippen LogP contribution in [0, 0.1) is 0 Å². The fourth-order valence-corrected chi connectivity index (χ4v) is 4.76. The van der Waals surface area contributed by atoms with Crippen LogP contribution < -0.4 is 15.6 Å². The minimum Gasteiger partial charge on any atom is -0.497 e. The summed E-state index contributed by atoms with van der Waals surface area (Å²) < 4.78 is 6.51. The van der Waals surface area contributed by atoms with Gasteiger partial charge in [-0.15, -0.1) is 22.7 Å². The SMILES string of the molecule is COc1ccc(CCNC(=O)Cn2cnc3scc(-c4cccs4)c3c2=O)cc1. The first-order valence-corrected chi connectivity index (χ1v) is 10.8. The second-order valence-corrected chi connectivity index (χ2v) is 8.24. The van der Waals surface area contributed by atoms with Crippen molar-refractivity contribution in [1.29, 1.82) is 0 Å². The molecule has 6 nitrogen and oxygen atoms in total. The van der Waals surface area contributed by atoms with E-state index < -0.39 is 0 Å². The minimum absolute atomic E-state index is 0.0515. The summed E-state index contributed by atoms with van der Waals surface area (Å²) in [4.78, 5) is 31.3. The van der Waals surface area contributed by atoms with Crippen molar-refractivity contribution >= 4 is 38.8 Å². The van der Waals surface area contributed by atoms with Crippen molar-refractivity contribution < 1.29 is 9.53 Å². The predicted molar refractivity (Wildman–Crippen MR) is 117 cm³/mol. The van der Waals surface area contributed by atoms with Gasteiger partial charge in [0.25, 0.3) is 5.56 Å². The summed E-state index contributed by atoms with van der Waals surface area (Å²) in [6.07, 6.45) is 2.15. The van der Waals surface area contributed by atoms with Gasteiger partial charge in [-0.25, -0.2) is 4.98 Å². The third kappa shape index (κ3) is 4.23. The number of carbonyl (C=O) groups excluding carboxylic acids is 1. The van der Waals surface area contributed by atoms with E-state index in [1.54, 1.807) is 18.4 Å². The quantitative estimate of drug-likeness (QED) is 0.491. The Morgan fingerprint density at radius 2 is 2.03 bits per heavy atom. The van der Waals surface area contributed by atoms with E-state index in [2.05, 4.69) is 10.3 Å². The van der Waals surface area contributed by atoms with Crippen molar-refractivity contribution in [3.8, 4) is 16.2 Å². The molecule has 0 unspecified atom stereocenters. The number of hydrogen-bond acceptors (Lipinski definition) is 6. The molecule has 4 rings (SSSR count). The number of ether oxygens (including phenoxy) is 1. The molecule has 0 saturated carbocycles. The number of fused-ring (bicyclic) bond motifs is 1. The van der Waals surface area contributed by atoms with Gasteiger partial charge in [0.1, 0.15) is 17.1 Å². The summed E-state index contributed by atoms with van der Waals surface area (Å²) >= 11 is 3.02. The highest BCUT2D eigenvalue weighted by Gasteiger charge is 2.15. The molecule has 0 spiro atoms. The van der Waals surface area contributed by atoms with Gasteiger partial charge in [0.05, 0.1) is 18.8 Å². The van der Waals surface area contributed by atoms with Crippen LogP contribution in [0.1, 0.15) is 5.56 Å². The molecule has 0 saturated heterocycles. The van der Waals surface area contributed by atoms with E-state index in [1.165, 1.54) is 22.2 Å². The molecular formula is C21H19N3O3S2. The van der Waals surface area contributed by atoms with Gasteiger partial charge in [0.15, 0.2) is 0 Å². The van der Waals surface area contributed by atoms with Crippen LogP contribution in [0.25, 0.3) is 20.7 Å². The molecule has 0 atom stereocenters. The Morgan fingerprint density at radius 1 is 1.21 bits per heavy atom. The fourth-order valence-electron chi connectivity index (χ4n) is 3.04. The zero-order valence-corrected chi connectivity index (χ0v) is 17.4. The standard InChI is InChI=1S/C21H19N3O3S2/c1-27-15-6-4-14(5-7-15)8-9-22-18(25)11-24-13-23-20-19(21(24)26)16(12-29-20)17-3-2-10-28-17/h2-7,10,12-13H,8-9,11H2,1H3,(H,22,25). The Hall–Kier alpha value is -2.97. The molecule has 4 aromatic rings. The predicted octanol–water partition coefficient (Wildman–Crippen LogP) is 3.55. The number of rotatable bonds is 7. The Kier molecular flexibility index (Phi) is 5.73. The van der Waals surface area contributed by atoms with Crippen LogP contribution in [0.2, 0.25) is 0 Å². The first kappa shape index (κ1) is 19.4. The van der Waals surface area contributed by atoms with E-state index in [9.17, 15) is 9.59 Å². The van der Waals surface area contributed by atoms with Crippen LogP contribution in [0.5, 0.6) is 5.75 Å². The van der Waals surface area contributed by atoms with Gasteiger partial charge in [0.2, 0.25) is 5.91 Å². The zero-order valence-electron chi connectivity index (χ0n) is 15.8. The number of amides is 1.